The Morgan fingerprint density at radius 1 is 1.33 bits per heavy atom. The van der Waals surface area contributed by atoms with Crippen LogP contribution in [0.3, 0.4) is 0 Å². The maximum atomic E-state index is 9.01. The Morgan fingerprint density at radius 3 is 2.73 bits per heavy atom. The van der Waals surface area contributed by atoms with Crippen LogP contribution < -0.4 is 0 Å². The number of hydrogen-bond acceptors (Lipinski definition) is 2. The van der Waals surface area contributed by atoms with E-state index in [1.807, 2.05) is 32.0 Å². The zero-order chi connectivity index (χ0) is 10.8. The van der Waals surface area contributed by atoms with Crippen LogP contribution in [0.15, 0.2) is 24.4 Å². The Labute approximate surface area is 88.4 Å². The van der Waals surface area contributed by atoms with Crippen LogP contribution in [0, 0.1) is 25.2 Å². The van der Waals surface area contributed by atoms with E-state index in [4.69, 9.17) is 5.26 Å². The van der Waals surface area contributed by atoms with E-state index in [2.05, 4.69) is 16.0 Å². The number of nitriles is 1. The lowest BCUT2D eigenvalue weighted by Gasteiger charge is -1.99. The fraction of sp³-hybridized carbons (Fsp3) is 0.167. The molecule has 15 heavy (non-hydrogen) atoms. The van der Waals surface area contributed by atoms with Gasteiger partial charge in [0.05, 0.1) is 5.69 Å². The van der Waals surface area contributed by atoms with Crippen molar-refractivity contribution in [1.82, 2.24) is 9.97 Å². The smallest absolute Gasteiger partial charge is 0.127 e. The fourth-order valence-electron chi connectivity index (χ4n) is 1.63. The van der Waals surface area contributed by atoms with Crippen molar-refractivity contribution in [2.24, 2.45) is 0 Å². The minimum Gasteiger partial charge on any atom is -0.350 e. The quantitative estimate of drug-likeness (QED) is 0.763. The molecule has 2 rings (SSSR count). The summed E-state index contributed by atoms with van der Waals surface area (Å²) in [5.74, 6) is 0. The molecule has 0 aliphatic rings. The summed E-state index contributed by atoms with van der Waals surface area (Å²) in [6.45, 7) is 3.96. The van der Waals surface area contributed by atoms with Gasteiger partial charge in [-0.25, -0.2) is 0 Å². The van der Waals surface area contributed by atoms with E-state index in [0.717, 1.165) is 22.5 Å². The van der Waals surface area contributed by atoms with E-state index in [9.17, 15) is 0 Å². The topological polar surface area (TPSA) is 52.5 Å². The number of hydrogen-bond donors (Lipinski definition) is 1. The van der Waals surface area contributed by atoms with Gasteiger partial charge in [-0.3, -0.25) is 4.98 Å². The third-order valence-electron chi connectivity index (χ3n) is 2.53. The second-order valence-electron chi connectivity index (χ2n) is 3.45. The van der Waals surface area contributed by atoms with E-state index in [0.29, 0.717) is 5.69 Å². The van der Waals surface area contributed by atoms with Crippen molar-refractivity contribution in [1.29, 1.82) is 5.26 Å². The molecule has 0 fully saturated rings. The highest BCUT2D eigenvalue weighted by atomic mass is 14.8. The molecule has 3 heteroatoms. The molecule has 0 unspecified atom stereocenters. The van der Waals surface area contributed by atoms with Crippen LogP contribution in [0.2, 0.25) is 0 Å². The Bertz CT molecular complexity index is 518. The third-order valence-corrected chi connectivity index (χ3v) is 2.53. The molecule has 0 saturated heterocycles. The molecule has 1 N–H and O–H groups in total. The van der Waals surface area contributed by atoms with Crippen molar-refractivity contribution < 1.29 is 0 Å². The maximum Gasteiger partial charge on any atom is 0.127 e. The highest BCUT2D eigenvalue weighted by molar-refractivity contribution is 5.70. The molecule has 0 aliphatic carbocycles. The minimum atomic E-state index is 0.587. The average Bonchev–Trinajstić information content (AvgIpc) is 2.56. The van der Waals surface area contributed by atoms with Gasteiger partial charge in [-0.05, 0) is 31.5 Å². The molecule has 0 amide bonds. The largest absolute Gasteiger partial charge is 0.350 e. The number of nitrogens with one attached hydrogen (secondary N) is 1. The first kappa shape index (κ1) is 9.47. The molecule has 0 atom stereocenters. The van der Waals surface area contributed by atoms with Crippen LogP contribution in [0.1, 0.15) is 17.0 Å². The molecular formula is C12H11N3. The second-order valence-corrected chi connectivity index (χ2v) is 3.45. The van der Waals surface area contributed by atoms with Crippen LogP contribution >= 0.6 is 0 Å². The number of aryl methyl sites for hydroxylation is 1. The van der Waals surface area contributed by atoms with Gasteiger partial charge >= 0.3 is 0 Å². The molecule has 74 valence electrons. The van der Waals surface area contributed by atoms with Gasteiger partial charge in [0.15, 0.2) is 0 Å². The van der Waals surface area contributed by atoms with E-state index >= 15 is 0 Å². The van der Waals surface area contributed by atoms with Crippen molar-refractivity contribution in [3.63, 3.8) is 0 Å². The third kappa shape index (κ3) is 1.50. The zero-order valence-electron chi connectivity index (χ0n) is 8.70. The van der Waals surface area contributed by atoms with Gasteiger partial charge < -0.3 is 4.98 Å². The lowest BCUT2D eigenvalue weighted by molar-refractivity contribution is 1.21. The summed E-state index contributed by atoms with van der Waals surface area (Å²) in [4.78, 5) is 7.32. The van der Waals surface area contributed by atoms with E-state index in [-0.39, 0.29) is 0 Å². The van der Waals surface area contributed by atoms with Crippen molar-refractivity contribution in [3.05, 3.63) is 41.3 Å². The Hall–Kier alpha value is -2.08. The van der Waals surface area contributed by atoms with Gasteiger partial charge in [-0.15, -0.1) is 0 Å². The summed E-state index contributed by atoms with van der Waals surface area (Å²) in [6, 6.07) is 7.86. The average molecular weight is 197 g/mol. The maximum absolute atomic E-state index is 9.01. The summed E-state index contributed by atoms with van der Waals surface area (Å²) in [7, 11) is 0. The molecule has 0 saturated carbocycles. The highest BCUT2D eigenvalue weighted by Gasteiger charge is 2.13. The van der Waals surface area contributed by atoms with Gasteiger partial charge in [-0.2, -0.15) is 5.26 Å². The number of aromatic amines is 1. The minimum absolute atomic E-state index is 0.587. The first-order valence-corrected chi connectivity index (χ1v) is 4.74. The van der Waals surface area contributed by atoms with Crippen molar-refractivity contribution in [2.75, 3.05) is 0 Å². The molecule has 0 spiro atoms. The lowest BCUT2D eigenvalue weighted by atomic mass is 10.1. The van der Waals surface area contributed by atoms with Gasteiger partial charge in [0.1, 0.15) is 11.8 Å². The standard InChI is InChI=1S/C12H11N3/c1-8-9(2)15-11(7-13)12(8)10-5-3-4-6-14-10/h3-6,15H,1-2H3. The molecule has 0 radical (unpaired) electrons. The highest BCUT2D eigenvalue weighted by Crippen LogP contribution is 2.27. The second kappa shape index (κ2) is 3.58. The summed E-state index contributed by atoms with van der Waals surface area (Å²) in [6.07, 6.45) is 1.73. The van der Waals surface area contributed by atoms with E-state index in [1.165, 1.54) is 0 Å². The first-order chi connectivity index (χ1) is 7.24. The molecule has 0 aromatic carbocycles. The van der Waals surface area contributed by atoms with Crippen molar-refractivity contribution in [2.45, 2.75) is 13.8 Å². The zero-order valence-corrected chi connectivity index (χ0v) is 8.70. The predicted octanol–water partition coefficient (Wildman–Crippen LogP) is 2.57. The van der Waals surface area contributed by atoms with E-state index < -0.39 is 0 Å². The molecule has 2 heterocycles. The summed E-state index contributed by atoms with van der Waals surface area (Å²) >= 11 is 0. The molecule has 2 aromatic heterocycles. The number of nitrogens with zero attached hydrogens (tertiary/aromatic N) is 2. The monoisotopic (exact) mass is 197 g/mol. The summed E-state index contributed by atoms with van der Waals surface area (Å²) < 4.78 is 0. The molecule has 3 nitrogen and oxygen atoms in total. The predicted molar refractivity (Wildman–Crippen MR) is 58.2 cm³/mol. The Balaban J connectivity index is 2.68. The Kier molecular flexibility index (Phi) is 2.26. The SMILES string of the molecule is Cc1[nH]c(C#N)c(-c2ccccn2)c1C. The van der Waals surface area contributed by atoms with Gasteiger partial charge in [0.2, 0.25) is 0 Å². The number of rotatable bonds is 1. The number of pyridine rings is 1. The van der Waals surface area contributed by atoms with Crippen molar-refractivity contribution in [3.8, 4) is 17.3 Å². The van der Waals surface area contributed by atoms with Gasteiger partial charge in [-0.1, -0.05) is 6.07 Å². The first-order valence-electron chi connectivity index (χ1n) is 4.74. The number of aromatic nitrogens is 2. The normalized spacial score (nSPS) is 9.93. The molecular weight excluding hydrogens is 186 g/mol. The van der Waals surface area contributed by atoms with Crippen LogP contribution in [0.4, 0.5) is 0 Å². The van der Waals surface area contributed by atoms with Crippen LogP contribution in [-0.2, 0) is 0 Å². The molecule has 0 bridgehead atoms. The van der Waals surface area contributed by atoms with Gasteiger partial charge in [0, 0.05) is 17.5 Å². The van der Waals surface area contributed by atoms with Gasteiger partial charge in [0.25, 0.3) is 0 Å². The number of H-pyrrole nitrogens is 1. The fourth-order valence-corrected chi connectivity index (χ4v) is 1.63. The molecule has 2 aromatic rings. The van der Waals surface area contributed by atoms with Crippen LogP contribution in [0.5, 0.6) is 0 Å². The van der Waals surface area contributed by atoms with E-state index in [1.54, 1.807) is 6.20 Å². The van der Waals surface area contributed by atoms with Crippen LogP contribution in [-0.4, -0.2) is 9.97 Å². The molecule has 0 aliphatic heterocycles. The Morgan fingerprint density at radius 2 is 2.13 bits per heavy atom. The summed E-state index contributed by atoms with van der Waals surface area (Å²) in [5, 5.41) is 9.01. The summed E-state index contributed by atoms with van der Waals surface area (Å²) in [5.41, 5.74) is 4.45. The lowest BCUT2D eigenvalue weighted by Crippen LogP contribution is -1.85. The van der Waals surface area contributed by atoms with Crippen molar-refractivity contribution >= 4 is 0 Å². The van der Waals surface area contributed by atoms with Crippen LogP contribution in [0.25, 0.3) is 11.3 Å².